The van der Waals surface area contributed by atoms with Crippen LogP contribution in [-0.4, -0.2) is 18.0 Å². The molecule has 0 heterocycles. The van der Waals surface area contributed by atoms with Gasteiger partial charge in [0, 0.05) is 11.7 Å². The second kappa shape index (κ2) is 6.04. The third kappa shape index (κ3) is 3.69. The molecule has 0 spiro atoms. The number of aryl methyl sites for hydroxylation is 1. The maximum atomic E-state index is 13.2. The molecule has 0 aliphatic heterocycles. The Kier molecular flexibility index (Phi) is 4.40. The Morgan fingerprint density at radius 2 is 2.05 bits per heavy atom. The van der Waals surface area contributed by atoms with E-state index < -0.39 is 0 Å². The Morgan fingerprint density at radius 3 is 2.68 bits per heavy atom. The lowest BCUT2D eigenvalue weighted by Gasteiger charge is -2.18. The van der Waals surface area contributed by atoms with Crippen LogP contribution in [0, 0.1) is 12.7 Å². The van der Waals surface area contributed by atoms with E-state index in [0.717, 1.165) is 18.5 Å². The Balaban J connectivity index is 1.90. The molecule has 1 saturated carbocycles. The van der Waals surface area contributed by atoms with Gasteiger partial charge < -0.3 is 10.6 Å². The summed E-state index contributed by atoms with van der Waals surface area (Å²) in [5.41, 5.74) is 1.35. The van der Waals surface area contributed by atoms with Crippen molar-refractivity contribution in [1.29, 1.82) is 0 Å². The number of nitrogens with one attached hydrogen (secondary N) is 2. The lowest BCUT2D eigenvalue weighted by molar-refractivity contribution is -0.122. The standard InChI is InChI=1S/C15H21FN2O/c1-10-9-13(7-8-14(10)16)17-11(2)15(19)18-12-5-3-4-6-12/h7-9,11-12,17H,3-6H2,1-2H3,(H,18,19). The molecule has 3 nitrogen and oxygen atoms in total. The fourth-order valence-electron chi connectivity index (χ4n) is 2.45. The summed E-state index contributed by atoms with van der Waals surface area (Å²) in [5.74, 6) is -0.220. The van der Waals surface area contributed by atoms with E-state index in [0.29, 0.717) is 11.6 Å². The van der Waals surface area contributed by atoms with Crippen LogP contribution < -0.4 is 10.6 Å². The zero-order chi connectivity index (χ0) is 13.8. The van der Waals surface area contributed by atoms with Crippen molar-refractivity contribution in [2.75, 3.05) is 5.32 Å². The molecule has 1 atom stereocenters. The molecule has 1 aromatic rings. The van der Waals surface area contributed by atoms with Gasteiger partial charge in [-0.2, -0.15) is 0 Å². The van der Waals surface area contributed by atoms with E-state index in [9.17, 15) is 9.18 Å². The average molecular weight is 264 g/mol. The van der Waals surface area contributed by atoms with Crippen LogP contribution in [0.15, 0.2) is 18.2 Å². The van der Waals surface area contributed by atoms with Crippen LogP contribution in [-0.2, 0) is 4.79 Å². The molecular weight excluding hydrogens is 243 g/mol. The van der Waals surface area contributed by atoms with Gasteiger partial charge in [-0.1, -0.05) is 12.8 Å². The van der Waals surface area contributed by atoms with Crippen molar-refractivity contribution in [1.82, 2.24) is 5.32 Å². The third-order valence-corrected chi connectivity index (χ3v) is 3.64. The number of carbonyl (C=O) groups excluding carboxylic acids is 1. The molecule has 1 aliphatic rings. The van der Waals surface area contributed by atoms with Gasteiger partial charge in [0.1, 0.15) is 11.9 Å². The predicted molar refractivity (Wildman–Crippen MR) is 74.6 cm³/mol. The lowest BCUT2D eigenvalue weighted by Crippen LogP contribution is -2.42. The van der Waals surface area contributed by atoms with Gasteiger partial charge >= 0.3 is 0 Å². The molecule has 1 amide bonds. The molecule has 1 aliphatic carbocycles. The summed E-state index contributed by atoms with van der Waals surface area (Å²) in [7, 11) is 0. The van der Waals surface area contributed by atoms with Gasteiger partial charge in [0.2, 0.25) is 5.91 Å². The summed E-state index contributed by atoms with van der Waals surface area (Å²) < 4.78 is 13.2. The van der Waals surface area contributed by atoms with Crippen molar-refractivity contribution in [3.8, 4) is 0 Å². The van der Waals surface area contributed by atoms with Crippen molar-refractivity contribution in [2.45, 2.75) is 51.6 Å². The number of rotatable bonds is 4. The topological polar surface area (TPSA) is 41.1 Å². The Bertz CT molecular complexity index is 455. The zero-order valence-electron chi connectivity index (χ0n) is 11.5. The first-order valence-corrected chi connectivity index (χ1v) is 6.89. The number of halogens is 1. The average Bonchev–Trinajstić information content (AvgIpc) is 2.86. The molecule has 1 unspecified atom stereocenters. The highest BCUT2D eigenvalue weighted by Gasteiger charge is 2.20. The van der Waals surface area contributed by atoms with Gasteiger partial charge in [-0.25, -0.2) is 4.39 Å². The van der Waals surface area contributed by atoms with Crippen LogP contribution in [0.3, 0.4) is 0 Å². The maximum absolute atomic E-state index is 13.2. The number of hydrogen-bond donors (Lipinski definition) is 2. The van der Waals surface area contributed by atoms with Gasteiger partial charge in [-0.15, -0.1) is 0 Å². The number of carbonyl (C=O) groups is 1. The van der Waals surface area contributed by atoms with Crippen LogP contribution in [0.2, 0.25) is 0 Å². The fourth-order valence-corrected chi connectivity index (χ4v) is 2.45. The minimum absolute atomic E-state index is 0.00822. The first-order chi connectivity index (χ1) is 9.06. The summed E-state index contributed by atoms with van der Waals surface area (Å²) in [6.07, 6.45) is 4.55. The minimum Gasteiger partial charge on any atom is -0.374 e. The summed E-state index contributed by atoms with van der Waals surface area (Å²) in [5, 5.41) is 6.15. The van der Waals surface area contributed by atoms with Gasteiger partial charge in [0.25, 0.3) is 0 Å². The molecule has 0 saturated heterocycles. The van der Waals surface area contributed by atoms with Crippen molar-refractivity contribution >= 4 is 11.6 Å². The normalized spacial score (nSPS) is 17.2. The van der Waals surface area contributed by atoms with Gasteiger partial charge in [-0.3, -0.25) is 4.79 Å². The first-order valence-electron chi connectivity index (χ1n) is 6.89. The molecule has 4 heteroatoms. The number of anilines is 1. The third-order valence-electron chi connectivity index (χ3n) is 3.64. The molecule has 104 valence electrons. The Hall–Kier alpha value is -1.58. The largest absolute Gasteiger partial charge is 0.374 e. The van der Waals surface area contributed by atoms with Crippen LogP contribution >= 0.6 is 0 Å². The molecule has 19 heavy (non-hydrogen) atoms. The van der Waals surface area contributed by atoms with E-state index in [1.807, 2.05) is 6.92 Å². The number of benzene rings is 1. The highest BCUT2D eigenvalue weighted by atomic mass is 19.1. The van der Waals surface area contributed by atoms with Crippen LogP contribution in [0.1, 0.15) is 38.2 Å². The maximum Gasteiger partial charge on any atom is 0.242 e. The molecular formula is C15H21FN2O. The molecule has 1 aromatic carbocycles. The smallest absolute Gasteiger partial charge is 0.242 e. The monoisotopic (exact) mass is 264 g/mol. The highest BCUT2D eigenvalue weighted by molar-refractivity contribution is 5.84. The first kappa shape index (κ1) is 13.8. The van der Waals surface area contributed by atoms with E-state index in [4.69, 9.17) is 0 Å². The number of amides is 1. The molecule has 2 rings (SSSR count). The van der Waals surface area contributed by atoms with E-state index in [2.05, 4.69) is 10.6 Å². The van der Waals surface area contributed by atoms with Crippen molar-refractivity contribution in [3.05, 3.63) is 29.6 Å². The minimum atomic E-state index is -0.314. The number of hydrogen-bond acceptors (Lipinski definition) is 2. The van der Waals surface area contributed by atoms with E-state index in [-0.39, 0.29) is 17.8 Å². The molecule has 0 aromatic heterocycles. The van der Waals surface area contributed by atoms with Crippen molar-refractivity contribution < 1.29 is 9.18 Å². The van der Waals surface area contributed by atoms with Crippen molar-refractivity contribution in [3.63, 3.8) is 0 Å². The van der Waals surface area contributed by atoms with Gasteiger partial charge in [0.15, 0.2) is 0 Å². The molecule has 1 fully saturated rings. The molecule has 0 bridgehead atoms. The SMILES string of the molecule is Cc1cc(NC(C)C(=O)NC2CCCC2)ccc1F. The molecule has 2 N–H and O–H groups in total. The Morgan fingerprint density at radius 1 is 1.37 bits per heavy atom. The summed E-state index contributed by atoms with van der Waals surface area (Å²) in [4.78, 5) is 12.0. The quantitative estimate of drug-likeness (QED) is 0.877. The fraction of sp³-hybridized carbons (Fsp3) is 0.533. The zero-order valence-corrected chi connectivity index (χ0v) is 11.5. The van der Waals surface area contributed by atoms with Gasteiger partial charge in [-0.05, 0) is 50.5 Å². The van der Waals surface area contributed by atoms with Crippen LogP contribution in [0.25, 0.3) is 0 Å². The summed E-state index contributed by atoms with van der Waals surface area (Å²) in [6.45, 7) is 3.53. The van der Waals surface area contributed by atoms with E-state index in [1.54, 1.807) is 19.1 Å². The second-order valence-corrected chi connectivity index (χ2v) is 5.32. The Labute approximate surface area is 113 Å². The molecule has 0 radical (unpaired) electrons. The van der Waals surface area contributed by atoms with Crippen LogP contribution in [0.5, 0.6) is 0 Å². The summed E-state index contributed by atoms with van der Waals surface area (Å²) >= 11 is 0. The second-order valence-electron chi connectivity index (χ2n) is 5.32. The van der Waals surface area contributed by atoms with Crippen LogP contribution in [0.4, 0.5) is 10.1 Å². The highest BCUT2D eigenvalue weighted by Crippen LogP contribution is 2.18. The predicted octanol–water partition coefficient (Wildman–Crippen LogP) is 2.99. The van der Waals surface area contributed by atoms with Crippen molar-refractivity contribution in [2.24, 2.45) is 0 Å². The lowest BCUT2D eigenvalue weighted by atomic mass is 10.2. The van der Waals surface area contributed by atoms with E-state index in [1.165, 1.54) is 18.9 Å². The van der Waals surface area contributed by atoms with E-state index >= 15 is 0 Å². The van der Waals surface area contributed by atoms with Gasteiger partial charge in [0.05, 0.1) is 0 Å². The summed E-state index contributed by atoms with van der Waals surface area (Å²) in [6, 6.07) is 4.80.